The number of ketones is 1. The van der Waals surface area contributed by atoms with Crippen molar-refractivity contribution >= 4 is 5.78 Å². The lowest BCUT2D eigenvalue weighted by Crippen LogP contribution is -2.24. The van der Waals surface area contributed by atoms with Crippen molar-refractivity contribution < 1.29 is 9.53 Å². The van der Waals surface area contributed by atoms with Crippen molar-refractivity contribution in [2.45, 2.75) is 40.7 Å². The first-order valence-corrected chi connectivity index (χ1v) is 7.24. The second-order valence-electron chi connectivity index (χ2n) is 5.69. The summed E-state index contributed by atoms with van der Waals surface area (Å²) in [5.74, 6) is 0.781. The van der Waals surface area contributed by atoms with E-state index in [2.05, 4.69) is 6.07 Å². The average Bonchev–Trinajstić information content (AvgIpc) is 2.44. The number of carbonyl (C=O) groups is 1. The molecule has 2 aromatic rings. The van der Waals surface area contributed by atoms with Crippen molar-refractivity contribution in [1.29, 1.82) is 0 Å². The molecule has 0 saturated carbocycles. The third kappa shape index (κ3) is 3.52. The number of rotatable bonds is 4. The third-order valence-electron chi connectivity index (χ3n) is 3.79. The molecule has 0 amide bonds. The summed E-state index contributed by atoms with van der Waals surface area (Å²) in [7, 11) is 0. The molecule has 0 radical (unpaired) electrons. The summed E-state index contributed by atoms with van der Waals surface area (Å²) in [6, 6.07) is 11.8. The Labute approximate surface area is 126 Å². The van der Waals surface area contributed by atoms with Crippen molar-refractivity contribution in [3.63, 3.8) is 0 Å². The van der Waals surface area contributed by atoms with Gasteiger partial charge in [0.15, 0.2) is 6.10 Å². The molecule has 0 aliphatic rings. The van der Waals surface area contributed by atoms with Crippen LogP contribution in [0.4, 0.5) is 0 Å². The van der Waals surface area contributed by atoms with Crippen LogP contribution in [0.15, 0.2) is 36.4 Å². The summed E-state index contributed by atoms with van der Waals surface area (Å²) in [6.45, 7) is 9.90. The van der Waals surface area contributed by atoms with Crippen molar-refractivity contribution in [1.82, 2.24) is 0 Å². The van der Waals surface area contributed by atoms with E-state index >= 15 is 0 Å². The molecule has 2 aromatic carbocycles. The van der Waals surface area contributed by atoms with Crippen molar-refractivity contribution in [2.24, 2.45) is 0 Å². The minimum absolute atomic E-state index is 0.0121. The van der Waals surface area contributed by atoms with E-state index in [1.165, 1.54) is 11.1 Å². The summed E-state index contributed by atoms with van der Waals surface area (Å²) in [5.41, 5.74) is 5.26. The highest BCUT2D eigenvalue weighted by Gasteiger charge is 2.18. The van der Waals surface area contributed by atoms with Crippen LogP contribution in [-0.4, -0.2) is 11.9 Å². The zero-order valence-electron chi connectivity index (χ0n) is 13.4. The second-order valence-corrected chi connectivity index (χ2v) is 5.69. The molecular formula is C19H22O2. The fraction of sp³-hybridized carbons (Fsp3) is 0.316. The number of hydrogen-bond donors (Lipinski definition) is 0. The van der Waals surface area contributed by atoms with Gasteiger partial charge in [0.05, 0.1) is 0 Å². The summed E-state index contributed by atoms with van der Waals surface area (Å²) < 4.78 is 5.84. The number of aryl methyl sites for hydroxylation is 4. The van der Waals surface area contributed by atoms with Gasteiger partial charge in [-0.1, -0.05) is 29.8 Å². The Balaban J connectivity index is 2.17. The lowest BCUT2D eigenvalue weighted by atomic mass is 10.0. The Morgan fingerprint density at radius 2 is 1.62 bits per heavy atom. The first kappa shape index (κ1) is 15.3. The van der Waals surface area contributed by atoms with E-state index in [0.29, 0.717) is 5.56 Å². The molecule has 0 saturated heterocycles. The van der Waals surface area contributed by atoms with E-state index in [1.54, 1.807) is 6.92 Å². The molecule has 0 spiro atoms. The number of ether oxygens (including phenoxy) is 1. The largest absolute Gasteiger partial charge is 0.482 e. The van der Waals surface area contributed by atoms with Crippen LogP contribution in [0.1, 0.15) is 39.5 Å². The Morgan fingerprint density at radius 1 is 0.905 bits per heavy atom. The number of carbonyl (C=O) groups excluding carboxylic acids is 1. The highest BCUT2D eigenvalue weighted by atomic mass is 16.5. The normalized spacial score (nSPS) is 12.0. The highest BCUT2D eigenvalue weighted by Crippen LogP contribution is 2.21. The molecule has 0 aromatic heterocycles. The molecule has 2 heteroatoms. The number of hydrogen-bond acceptors (Lipinski definition) is 2. The van der Waals surface area contributed by atoms with Crippen LogP contribution in [0.25, 0.3) is 0 Å². The van der Waals surface area contributed by atoms with Gasteiger partial charge in [0, 0.05) is 5.56 Å². The van der Waals surface area contributed by atoms with Gasteiger partial charge in [-0.15, -0.1) is 0 Å². The smallest absolute Gasteiger partial charge is 0.203 e. The van der Waals surface area contributed by atoms with E-state index < -0.39 is 6.10 Å². The zero-order chi connectivity index (χ0) is 15.6. The maximum atomic E-state index is 12.5. The standard InChI is InChI=1S/C19H22O2/c1-12-6-9-18(15(4)10-12)21-16(5)19(20)17-8-7-13(2)14(3)11-17/h6-11,16H,1-5H3. The summed E-state index contributed by atoms with van der Waals surface area (Å²) in [6.07, 6.45) is -0.492. The van der Waals surface area contributed by atoms with Crippen LogP contribution in [0, 0.1) is 27.7 Å². The molecule has 0 heterocycles. The molecule has 0 bridgehead atoms. The van der Waals surface area contributed by atoms with E-state index in [1.807, 2.05) is 58.0 Å². The van der Waals surface area contributed by atoms with Gasteiger partial charge in [0.25, 0.3) is 0 Å². The van der Waals surface area contributed by atoms with Gasteiger partial charge in [0.2, 0.25) is 5.78 Å². The van der Waals surface area contributed by atoms with Crippen LogP contribution in [0.2, 0.25) is 0 Å². The minimum atomic E-state index is -0.492. The molecule has 21 heavy (non-hydrogen) atoms. The maximum absolute atomic E-state index is 12.5. The van der Waals surface area contributed by atoms with Gasteiger partial charge < -0.3 is 4.74 Å². The number of Topliss-reactive ketones (excluding diaryl/α,β-unsaturated/α-hetero) is 1. The molecule has 1 unspecified atom stereocenters. The molecule has 2 rings (SSSR count). The summed E-state index contributed by atoms with van der Waals surface area (Å²) in [5, 5.41) is 0. The number of benzene rings is 2. The highest BCUT2D eigenvalue weighted by molar-refractivity contribution is 5.99. The van der Waals surface area contributed by atoms with E-state index in [9.17, 15) is 4.79 Å². The van der Waals surface area contributed by atoms with Gasteiger partial charge in [-0.05, 0) is 63.4 Å². The SMILES string of the molecule is Cc1ccc(OC(C)C(=O)c2ccc(C)c(C)c2)c(C)c1. The van der Waals surface area contributed by atoms with Crippen LogP contribution in [-0.2, 0) is 0 Å². The minimum Gasteiger partial charge on any atom is -0.482 e. The van der Waals surface area contributed by atoms with Crippen LogP contribution < -0.4 is 4.74 Å². The fourth-order valence-corrected chi connectivity index (χ4v) is 2.30. The predicted molar refractivity (Wildman–Crippen MR) is 86.3 cm³/mol. The summed E-state index contributed by atoms with van der Waals surface area (Å²) >= 11 is 0. The Hall–Kier alpha value is -2.09. The second kappa shape index (κ2) is 6.13. The van der Waals surface area contributed by atoms with Gasteiger partial charge >= 0.3 is 0 Å². The Bertz CT molecular complexity index is 671. The lowest BCUT2D eigenvalue weighted by Gasteiger charge is -2.16. The fourth-order valence-electron chi connectivity index (χ4n) is 2.30. The third-order valence-corrected chi connectivity index (χ3v) is 3.79. The van der Waals surface area contributed by atoms with E-state index in [4.69, 9.17) is 4.74 Å². The van der Waals surface area contributed by atoms with Crippen molar-refractivity contribution in [3.05, 3.63) is 64.2 Å². The van der Waals surface area contributed by atoms with Gasteiger partial charge in [-0.25, -0.2) is 0 Å². The van der Waals surface area contributed by atoms with Gasteiger partial charge in [-0.3, -0.25) is 4.79 Å². The molecule has 0 fully saturated rings. The molecule has 2 nitrogen and oxygen atoms in total. The molecule has 0 aliphatic carbocycles. The Kier molecular flexibility index (Phi) is 4.46. The molecule has 0 N–H and O–H groups in total. The van der Waals surface area contributed by atoms with Crippen molar-refractivity contribution in [2.75, 3.05) is 0 Å². The van der Waals surface area contributed by atoms with Crippen molar-refractivity contribution in [3.8, 4) is 5.75 Å². The monoisotopic (exact) mass is 282 g/mol. The first-order valence-electron chi connectivity index (χ1n) is 7.24. The molecule has 0 aliphatic heterocycles. The molecule has 1 atom stereocenters. The topological polar surface area (TPSA) is 26.3 Å². The van der Waals surface area contributed by atoms with Crippen LogP contribution >= 0.6 is 0 Å². The maximum Gasteiger partial charge on any atom is 0.203 e. The quantitative estimate of drug-likeness (QED) is 0.768. The van der Waals surface area contributed by atoms with Gasteiger partial charge in [0.1, 0.15) is 5.75 Å². The van der Waals surface area contributed by atoms with E-state index in [-0.39, 0.29) is 5.78 Å². The summed E-state index contributed by atoms with van der Waals surface area (Å²) in [4.78, 5) is 12.5. The molecular weight excluding hydrogens is 260 g/mol. The van der Waals surface area contributed by atoms with E-state index in [0.717, 1.165) is 16.9 Å². The predicted octanol–water partition coefficient (Wildman–Crippen LogP) is 4.57. The first-order chi connectivity index (χ1) is 9.88. The Morgan fingerprint density at radius 3 is 2.24 bits per heavy atom. The van der Waals surface area contributed by atoms with Crippen LogP contribution in [0.5, 0.6) is 5.75 Å². The van der Waals surface area contributed by atoms with Crippen LogP contribution in [0.3, 0.4) is 0 Å². The molecule has 110 valence electrons. The average molecular weight is 282 g/mol. The lowest BCUT2D eigenvalue weighted by molar-refractivity contribution is 0.0817. The zero-order valence-corrected chi connectivity index (χ0v) is 13.4. The van der Waals surface area contributed by atoms with Gasteiger partial charge in [-0.2, -0.15) is 0 Å².